The fourth-order valence-electron chi connectivity index (χ4n) is 1.94. The number of anilines is 1. The molecule has 1 aromatic rings. The minimum absolute atomic E-state index is 0.335. The predicted molar refractivity (Wildman–Crippen MR) is 66.0 cm³/mol. The van der Waals surface area contributed by atoms with Crippen LogP contribution in [0.3, 0.4) is 0 Å². The number of carbonyl (C=O) groups is 2. The zero-order chi connectivity index (χ0) is 13.3. The van der Waals surface area contributed by atoms with Gasteiger partial charge in [0.05, 0.1) is 24.5 Å². The highest BCUT2D eigenvalue weighted by atomic mass is 16.5. The lowest BCUT2D eigenvalue weighted by atomic mass is 10.1. The number of ketones is 1. The van der Waals surface area contributed by atoms with Gasteiger partial charge in [-0.3, -0.25) is 9.59 Å². The molecule has 1 heterocycles. The zero-order valence-electron chi connectivity index (χ0n) is 10.3. The van der Waals surface area contributed by atoms with Crippen LogP contribution in [0.15, 0.2) is 18.2 Å². The molecule has 5 nitrogen and oxygen atoms in total. The second-order valence-electron chi connectivity index (χ2n) is 4.31. The molecule has 1 aliphatic heterocycles. The third-order valence-corrected chi connectivity index (χ3v) is 2.95. The topological polar surface area (TPSA) is 66.8 Å². The molecule has 1 aliphatic rings. The molecule has 96 valence electrons. The van der Waals surface area contributed by atoms with E-state index in [1.807, 2.05) is 0 Å². The van der Waals surface area contributed by atoms with Gasteiger partial charge in [-0.15, -0.1) is 0 Å². The van der Waals surface area contributed by atoms with Gasteiger partial charge in [0.25, 0.3) is 11.7 Å². The average Bonchev–Trinajstić information content (AvgIpc) is 2.59. The van der Waals surface area contributed by atoms with E-state index in [2.05, 4.69) is 0 Å². The molecular formula is C13H15NO4. The summed E-state index contributed by atoms with van der Waals surface area (Å²) in [6.07, 6.45) is -0.0694. The molecular weight excluding hydrogens is 234 g/mol. The Morgan fingerprint density at radius 2 is 2.11 bits per heavy atom. The van der Waals surface area contributed by atoms with Crippen LogP contribution in [0.2, 0.25) is 0 Å². The number of methoxy groups -OCH3 is 1. The van der Waals surface area contributed by atoms with Crippen LogP contribution >= 0.6 is 0 Å². The predicted octanol–water partition coefficient (Wildman–Crippen LogP) is 0.995. The van der Waals surface area contributed by atoms with Crippen LogP contribution in [0.4, 0.5) is 5.69 Å². The van der Waals surface area contributed by atoms with E-state index in [9.17, 15) is 14.7 Å². The van der Waals surface area contributed by atoms with Crippen LogP contribution in [0, 0.1) is 0 Å². The van der Waals surface area contributed by atoms with E-state index < -0.39 is 17.8 Å². The van der Waals surface area contributed by atoms with Gasteiger partial charge < -0.3 is 14.7 Å². The van der Waals surface area contributed by atoms with Crippen LogP contribution in [0.1, 0.15) is 23.7 Å². The number of aliphatic hydroxyl groups excluding tert-OH is 1. The summed E-state index contributed by atoms with van der Waals surface area (Å²) in [6.45, 7) is 1.98. The molecule has 0 radical (unpaired) electrons. The second-order valence-corrected chi connectivity index (χ2v) is 4.31. The van der Waals surface area contributed by atoms with Crippen molar-refractivity contribution in [2.24, 2.45) is 0 Å². The lowest BCUT2D eigenvalue weighted by Gasteiger charge is -2.17. The van der Waals surface area contributed by atoms with Crippen molar-refractivity contribution in [3.63, 3.8) is 0 Å². The van der Waals surface area contributed by atoms with Gasteiger partial charge in [-0.05, 0) is 31.5 Å². The van der Waals surface area contributed by atoms with E-state index in [1.54, 1.807) is 25.1 Å². The Kier molecular flexibility index (Phi) is 3.34. The number of hydrogen-bond donors (Lipinski definition) is 1. The van der Waals surface area contributed by atoms with Crippen molar-refractivity contribution in [3.05, 3.63) is 23.8 Å². The summed E-state index contributed by atoms with van der Waals surface area (Å²) in [5, 5.41) is 9.25. The van der Waals surface area contributed by atoms with Crippen LogP contribution in [0.25, 0.3) is 0 Å². The third kappa shape index (κ3) is 2.09. The number of aliphatic hydroxyl groups is 1. The standard InChI is InChI=1S/C13H15NO4/c1-8(15)5-6-14-11-4-3-9(18-2)7-10(11)12(16)13(14)17/h3-4,7-8,15H,5-6H2,1-2H3. The Labute approximate surface area is 105 Å². The summed E-state index contributed by atoms with van der Waals surface area (Å²) in [7, 11) is 1.51. The highest BCUT2D eigenvalue weighted by molar-refractivity contribution is 6.52. The first-order valence-electron chi connectivity index (χ1n) is 5.77. The molecule has 18 heavy (non-hydrogen) atoms. The number of carbonyl (C=O) groups excluding carboxylic acids is 2. The van der Waals surface area contributed by atoms with Gasteiger partial charge in [0.15, 0.2) is 0 Å². The summed E-state index contributed by atoms with van der Waals surface area (Å²) >= 11 is 0. The monoisotopic (exact) mass is 249 g/mol. The molecule has 1 atom stereocenters. The summed E-state index contributed by atoms with van der Waals surface area (Å²) in [6, 6.07) is 4.97. The maximum Gasteiger partial charge on any atom is 0.299 e. The smallest absolute Gasteiger partial charge is 0.299 e. The minimum Gasteiger partial charge on any atom is -0.497 e. The fourth-order valence-corrected chi connectivity index (χ4v) is 1.94. The lowest BCUT2D eigenvalue weighted by Crippen LogP contribution is -2.32. The van der Waals surface area contributed by atoms with Crippen LogP contribution in [0.5, 0.6) is 5.75 Å². The first-order chi connectivity index (χ1) is 8.54. The Balaban J connectivity index is 2.31. The molecule has 2 rings (SSSR count). The number of Topliss-reactive ketones (excluding diaryl/α,β-unsaturated/α-hetero) is 1. The second kappa shape index (κ2) is 4.78. The molecule has 5 heteroatoms. The van der Waals surface area contributed by atoms with E-state index in [1.165, 1.54) is 12.0 Å². The van der Waals surface area contributed by atoms with Crippen molar-refractivity contribution < 1.29 is 19.4 Å². The van der Waals surface area contributed by atoms with Gasteiger partial charge in [-0.25, -0.2) is 0 Å². The maximum atomic E-state index is 11.8. The van der Waals surface area contributed by atoms with Crippen LogP contribution < -0.4 is 9.64 Å². The highest BCUT2D eigenvalue weighted by Gasteiger charge is 2.35. The molecule has 0 bridgehead atoms. The summed E-state index contributed by atoms with van der Waals surface area (Å²) in [4.78, 5) is 25.0. The van der Waals surface area contributed by atoms with Crippen molar-refractivity contribution in [2.45, 2.75) is 19.4 Å². The number of ether oxygens (including phenoxy) is 1. The Morgan fingerprint density at radius 3 is 2.72 bits per heavy atom. The van der Waals surface area contributed by atoms with Crippen molar-refractivity contribution in [1.29, 1.82) is 0 Å². The van der Waals surface area contributed by atoms with E-state index in [-0.39, 0.29) is 0 Å². The van der Waals surface area contributed by atoms with E-state index in [4.69, 9.17) is 4.74 Å². The SMILES string of the molecule is COc1ccc2c(c1)C(=O)C(=O)N2CCC(C)O. The molecule has 1 unspecified atom stereocenters. The van der Waals surface area contributed by atoms with Gasteiger partial charge in [0.2, 0.25) is 0 Å². The molecule has 1 N–H and O–H groups in total. The summed E-state index contributed by atoms with van der Waals surface area (Å²) < 4.78 is 5.03. The Morgan fingerprint density at radius 1 is 1.39 bits per heavy atom. The largest absolute Gasteiger partial charge is 0.497 e. The van der Waals surface area contributed by atoms with Gasteiger partial charge in [0.1, 0.15) is 5.75 Å². The van der Waals surface area contributed by atoms with Crippen molar-refractivity contribution in [3.8, 4) is 5.75 Å². The van der Waals surface area contributed by atoms with Gasteiger partial charge >= 0.3 is 0 Å². The molecule has 1 aromatic carbocycles. The van der Waals surface area contributed by atoms with Gasteiger partial charge in [-0.2, -0.15) is 0 Å². The first-order valence-corrected chi connectivity index (χ1v) is 5.77. The van der Waals surface area contributed by atoms with Crippen molar-refractivity contribution >= 4 is 17.4 Å². The van der Waals surface area contributed by atoms with Gasteiger partial charge in [-0.1, -0.05) is 0 Å². The zero-order valence-corrected chi connectivity index (χ0v) is 10.3. The van der Waals surface area contributed by atoms with Gasteiger partial charge in [0, 0.05) is 6.54 Å². The molecule has 0 spiro atoms. The van der Waals surface area contributed by atoms with E-state index >= 15 is 0 Å². The van der Waals surface area contributed by atoms with Crippen molar-refractivity contribution in [2.75, 3.05) is 18.6 Å². The third-order valence-electron chi connectivity index (χ3n) is 2.95. The normalized spacial score (nSPS) is 15.8. The van der Waals surface area contributed by atoms with Crippen LogP contribution in [-0.4, -0.2) is 36.6 Å². The quantitative estimate of drug-likeness (QED) is 0.808. The molecule has 0 aliphatic carbocycles. The maximum absolute atomic E-state index is 11.8. The molecule has 0 fully saturated rings. The summed E-state index contributed by atoms with van der Waals surface area (Å²) in [5.74, 6) is -0.513. The number of fused-ring (bicyclic) bond motifs is 1. The van der Waals surface area contributed by atoms with E-state index in [0.29, 0.717) is 30.0 Å². The molecule has 0 saturated heterocycles. The number of rotatable bonds is 4. The molecule has 1 amide bonds. The Bertz CT molecular complexity index is 496. The average molecular weight is 249 g/mol. The number of hydrogen-bond acceptors (Lipinski definition) is 4. The highest BCUT2D eigenvalue weighted by Crippen LogP contribution is 2.32. The number of nitrogens with zero attached hydrogens (tertiary/aromatic N) is 1. The Hall–Kier alpha value is -1.88. The number of benzene rings is 1. The first kappa shape index (κ1) is 12.6. The summed E-state index contributed by atoms with van der Waals surface area (Å²) in [5.41, 5.74) is 0.955. The van der Waals surface area contributed by atoms with Crippen molar-refractivity contribution in [1.82, 2.24) is 0 Å². The van der Waals surface area contributed by atoms with E-state index in [0.717, 1.165) is 0 Å². The van der Waals surface area contributed by atoms with Crippen LogP contribution in [-0.2, 0) is 4.79 Å². The minimum atomic E-state index is -0.543. The molecule has 0 saturated carbocycles. The molecule has 0 aromatic heterocycles. The fraction of sp³-hybridized carbons (Fsp3) is 0.385. The lowest BCUT2D eigenvalue weighted by molar-refractivity contribution is -0.114. The number of amides is 1.